The molecule has 0 aromatic heterocycles. The first-order chi connectivity index (χ1) is 7.73. The molecule has 0 aromatic carbocycles. The molecule has 1 aliphatic heterocycles. The van der Waals surface area contributed by atoms with E-state index in [1.165, 1.54) is 12.8 Å². The lowest BCUT2D eigenvalue weighted by atomic mass is 9.88. The van der Waals surface area contributed by atoms with Crippen LogP contribution >= 0.6 is 0 Å². The van der Waals surface area contributed by atoms with Gasteiger partial charge in [-0.15, -0.1) is 0 Å². The van der Waals surface area contributed by atoms with E-state index in [2.05, 4.69) is 58.8 Å². The molecule has 0 spiro atoms. The maximum absolute atomic E-state index is 5.52. The molecule has 0 aliphatic carbocycles. The summed E-state index contributed by atoms with van der Waals surface area (Å²) in [6, 6.07) is 0. The number of rotatable bonds is 3. The van der Waals surface area contributed by atoms with Crippen LogP contribution in [0, 0.1) is 5.41 Å². The third kappa shape index (κ3) is 9.57. The van der Waals surface area contributed by atoms with E-state index in [1.807, 2.05) is 0 Å². The van der Waals surface area contributed by atoms with Crippen molar-refractivity contribution in [2.45, 2.75) is 39.7 Å². The minimum absolute atomic E-state index is 0.358. The van der Waals surface area contributed by atoms with Gasteiger partial charge in [-0.05, 0) is 46.4 Å². The van der Waals surface area contributed by atoms with Crippen LogP contribution in [0.15, 0.2) is 0 Å². The summed E-state index contributed by atoms with van der Waals surface area (Å²) >= 11 is 0. The minimum Gasteiger partial charge on any atom is -0.378 e. The summed E-state index contributed by atoms with van der Waals surface area (Å²) < 4.78 is 5.52. The SMILES string of the molecule is CC(C)(C)C1CCCO1.CN(C)CCN(C)C. The van der Waals surface area contributed by atoms with Crippen molar-refractivity contribution in [2.24, 2.45) is 5.41 Å². The number of ether oxygens (including phenoxy) is 1. The monoisotopic (exact) mass is 244 g/mol. The second-order valence-corrected chi connectivity index (χ2v) is 6.47. The van der Waals surface area contributed by atoms with Gasteiger partial charge in [0.1, 0.15) is 0 Å². The molecular weight excluding hydrogens is 212 g/mol. The Bertz CT molecular complexity index is 171. The summed E-state index contributed by atoms with van der Waals surface area (Å²) in [6.45, 7) is 9.98. The Balaban J connectivity index is 0.000000304. The zero-order valence-electron chi connectivity index (χ0n) is 12.9. The average Bonchev–Trinajstić information content (AvgIpc) is 2.67. The molecule has 1 unspecified atom stereocenters. The highest BCUT2D eigenvalue weighted by Gasteiger charge is 2.28. The van der Waals surface area contributed by atoms with Crippen LogP contribution in [0.25, 0.3) is 0 Å². The summed E-state index contributed by atoms with van der Waals surface area (Å²) in [5.41, 5.74) is 0.358. The molecule has 0 aromatic rings. The van der Waals surface area contributed by atoms with E-state index in [0.717, 1.165) is 19.7 Å². The summed E-state index contributed by atoms with van der Waals surface area (Å²) in [5, 5.41) is 0. The second kappa shape index (κ2) is 8.06. The van der Waals surface area contributed by atoms with Crippen LogP contribution in [0.1, 0.15) is 33.6 Å². The Kier molecular flexibility index (Phi) is 8.01. The largest absolute Gasteiger partial charge is 0.378 e. The van der Waals surface area contributed by atoms with Gasteiger partial charge in [0.05, 0.1) is 6.10 Å². The van der Waals surface area contributed by atoms with Crippen LogP contribution in [-0.4, -0.2) is 63.8 Å². The third-order valence-electron chi connectivity index (χ3n) is 2.89. The topological polar surface area (TPSA) is 15.7 Å². The predicted molar refractivity (Wildman–Crippen MR) is 75.5 cm³/mol. The minimum atomic E-state index is 0.358. The fourth-order valence-corrected chi connectivity index (χ4v) is 1.66. The van der Waals surface area contributed by atoms with Crippen molar-refractivity contribution in [3.05, 3.63) is 0 Å². The molecule has 0 radical (unpaired) electrons. The Morgan fingerprint density at radius 3 is 1.65 bits per heavy atom. The maximum atomic E-state index is 5.52. The quantitative estimate of drug-likeness (QED) is 0.758. The molecular formula is C14H32N2O. The van der Waals surface area contributed by atoms with Crippen molar-refractivity contribution >= 4 is 0 Å². The second-order valence-electron chi connectivity index (χ2n) is 6.47. The lowest BCUT2D eigenvalue weighted by Crippen LogP contribution is -2.25. The van der Waals surface area contributed by atoms with Gasteiger partial charge in [-0.3, -0.25) is 0 Å². The Hall–Kier alpha value is -0.120. The van der Waals surface area contributed by atoms with E-state index in [1.54, 1.807) is 0 Å². The molecule has 1 rings (SSSR count). The molecule has 0 bridgehead atoms. The van der Waals surface area contributed by atoms with Gasteiger partial charge in [0, 0.05) is 19.7 Å². The fourth-order valence-electron chi connectivity index (χ4n) is 1.66. The van der Waals surface area contributed by atoms with Crippen molar-refractivity contribution in [3.63, 3.8) is 0 Å². The van der Waals surface area contributed by atoms with E-state index >= 15 is 0 Å². The van der Waals surface area contributed by atoms with Crippen molar-refractivity contribution in [3.8, 4) is 0 Å². The Morgan fingerprint density at radius 1 is 1.00 bits per heavy atom. The maximum Gasteiger partial charge on any atom is 0.0624 e. The Morgan fingerprint density at radius 2 is 1.47 bits per heavy atom. The molecule has 3 nitrogen and oxygen atoms in total. The highest BCUT2D eigenvalue weighted by Crippen LogP contribution is 2.29. The first-order valence-electron chi connectivity index (χ1n) is 6.64. The highest BCUT2D eigenvalue weighted by molar-refractivity contribution is 4.77. The van der Waals surface area contributed by atoms with E-state index in [4.69, 9.17) is 4.74 Å². The van der Waals surface area contributed by atoms with Crippen LogP contribution in [0.2, 0.25) is 0 Å². The molecule has 104 valence electrons. The van der Waals surface area contributed by atoms with E-state index in [0.29, 0.717) is 11.5 Å². The fraction of sp³-hybridized carbons (Fsp3) is 1.00. The van der Waals surface area contributed by atoms with Gasteiger partial charge in [-0.25, -0.2) is 0 Å². The normalized spacial score (nSPS) is 20.6. The van der Waals surface area contributed by atoms with Crippen LogP contribution in [0.5, 0.6) is 0 Å². The third-order valence-corrected chi connectivity index (χ3v) is 2.89. The molecule has 0 saturated carbocycles. The van der Waals surface area contributed by atoms with Gasteiger partial charge >= 0.3 is 0 Å². The molecule has 1 fully saturated rings. The highest BCUT2D eigenvalue weighted by atomic mass is 16.5. The molecule has 1 aliphatic rings. The van der Waals surface area contributed by atoms with Crippen LogP contribution < -0.4 is 0 Å². The first-order valence-corrected chi connectivity index (χ1v) is 6.64. The molecule has 1 saturated heterocycles. The van der Waals surface area contributed by atoms with Gasteiger partial charge in [-0.1, -0.05) is 20.8 Å². The zero-order valence-corrected chi connectivity index (χ0v) is 12.9. The van der Waals surface area contributed by atoms with Crippen molar-refractivity contribution in [1.29, 1.82) is 0 Å². The summed E-state index contributed by atoms with van der Waals surface area (Å²) in [7, 11) is 8.35. The van der Waals surface area contributed by atoms with E-state index in [-0.39, 0.29) is 0 Å². The van der Waals surface area contributed by atoms with Crippen LogP contribution in [0.4, 0.5) is 0 Å². The first kappa shape index (κ1) is 16.9. The molecule has 0 amide bonds. The lowest BCUT2D eigenvalue weighted by Gasteiger charge is -2.25. The number of nitrogens with zero attached hydrogens (tertiary/aromatic N) is 2. The predicted octanol–water partition coefficient (Wildman–Crippen LogP) is 2.32. The van der Waals surface area contributed by atoms with E-state index < -0.39 is 0 Å². The molecule has 1 atom stereocenters. The summed E-state index contributed by atoms with van der Waals surface area (Å²) in [5.74, 6) is 0. The average molecular weight is 244 g/mol. The van der Waals surface area contributed by atoms with Gasteiger partial charge < -0.3 is 14.5 Å². The number of hydrogen-bond acceptors (Lipinski definition) is 3. The molecule has 0 N–H and O–H groups in total. The summed E-state index contributed by atoms with van der Waals surface area (Å²) in [4.78, 5) is 4.36. The van der Waals surface area contributed by atoms with Crippen molar-refractivity contribution < 1.29 is 4.74 Å². The smallest absolute Gasteiger partial charge is 0.0624 e. The Labute approximate surface area is 108 Å². The molecule has 1 heterocycles. The van der Waals surface area contributed by atoms with E-state index in [9.17, 15) is 0 Å². The molecule has 17 heavy (non-hydrogen) atoms. The number of hydrogen-bond donors (Lipinski definition) is 0. The van der Waals surface area contributed by atoms with Gasteiger partial charge in [0.25, 0.3) is 0 Å². The van der Waals surface area contributed by atoms with Crippen molar-refractivity contribution in [2.75, 3.05) is 47.9 Å². The van der Waals surface area contributed by atoms with Gasteiger partial charge in [0.2, 0.25) is 0 Å². The molecule has 3 heteroatoms. The van der Waals surface area contributed by atoms with Gasteiger partial charge in [-0.2, -0.15) is 0 Å². The zero-order chi connectivity index (χ0) is 13.5. The summed E-state index contributed by atoms with van der Waals surface area (Å²) in [6.07, 6.45) is 3.02. The van der Waals surface area contributed by atoms with Gasteiger partial charge in [0.15, 0.2) is 0 Å². The standard InChI is InChI=1S/C8H16O.C6H16N2/c1-8(2,3)7-5-4-6-9-7;1-7(2)5-6-8(3)4/h7H,4-6H2,1-3H3;5-6H2,1-4H3. The van der Waals surface area contributed by atoms with Crippen LogP contribution in [-0.2, 0) is 4.74 Å². The van der Waals surface area contributed by atoms with Crippen LogP contribution in [0.3, 0.4) is 0 Å². The number of likely N-dealkylation sites (N-methyl/N-ethyl adjacent to an activating group) is 2. The lowest BCUT2D eigenvalue weighted by molar-refractivity contribution is 0.0290. The van der Waals surface area contributed by atoms with Crippen molar-refractivity contribution in [1.82, 2.24) is 9.80 Å².